The fraction of sp³-hybridized carbons (Fsp3) is 0.818. The average Bonchev–Trinajstić information content (AvgIpc) is 3.00. The molecule has 4 nitrogen and oxygen atoms in total. The number of likely N-dealkylation sites (tertiary alicyclic amines) is 1. The zero-order valence-corrected chi connectivity index (χ0v) is 8.79. The van der Waals surface area contributed by atoms with Crippen LogP contribution in [0.2, 0.25) is 0 Å². The normalized spacial score (nSPS) is 30.3. The predicted molar refractivity (Wildman–Crippen MR) is 54.0 cm³/mol. The number of nitrogens with one attached hydrogen (secondary N) is 1. The fourth-order valence-corrected chi connectivity index (χ4v) is 2.82. The van der Waals surface area contributed by atoms with Crippen molar-refractivity contribution in [3.05, 3.63) is 0 Å². The number of hydrogen-bond acceptors (Lipinski definition) is 3. The summed E-state index contributed by atoms with van der Waals surface area (Å²) in [5.41, 5.74) is -0.328. The summed E-state index contributed by atoms with van der Waals surface area (Å²) in [4.78, 5) is 25.6. The number of amides is 2. The number of nitrogens with zero attached hydrogens (tertiary/aromatic N) is 1. The van der Waals surface area contributed by atoms with Gasteiger partial charge in [-0.1, -0.05) is 0 Å². The molecule has 82 valence electrons. The van der Waals surface area contributed by atoms with Crippen LogP contribution in [0.25, 0.3) is 0 Å². The molecule has 0 bridgehead atoms. The monoisotopic (exact) mass is 208 g/mol. The van der Waals surface area contributed by atoms with Crippen LogP contribution >= 0.6 is 0 Å². The molecule has 2 aliphatic heterocycles. The zero-order valence-electron chi connectivity index (χ0n) is 8.79. The van der Waals surface area contributed by atoms with Crippen LogP contribution in [-0.4, -0.2) is 35.8 Å². The molecule has 0 atom stereocenters. The van der Waals surface area contributed by atoms with E-state index in [2.05, 4.69) is 5.32 Å². The van der Waals surface area contributed by atoms with Crippen LogP contribution in [0.1, 0.15) is 32.1 Å². The first kappa shape index (κ1) is 9.33. The summed E-state index contributed by atoms with van der Waals surface area (Å²) in [7, 11) is 0. The SMILES string of the molecule is O=C1CC2(CCNCC2)C(=O)N1C1CC1. The standard InChI is InChI=1S/C11H16N2O2/c14-9-7-11(3-5-12-6-4-11)10(15)13(9)8-1-2-8/h8,12H,1-7H2. The van der Waals surface area contributed by atoms with Gasteiger partial charge in [0, 0.05) is 12.5 Å². The number of imide groups is 1. The molecule has 1 spiro atoms. The van der Waals surface area contributed by atoms with Crippen molar-refractivity contribution in [2.75, 3.05) is 13.1 Å². The van der Waals surface area contributed by atoms with Crippen molar-refractivity contribution in [3.63, 3.8) is 0 Å². The van der Waals surface area contributed by atoms with Crippen molar-refractivity contribution in [2.45, 2.75) is 38.1 Å². The molecule has 3 rings (SSSR count). The van der Waals surface area contributed by atoms with Crippen LogP contribution in [0.5, 0.6) is 0 Å². The Morgan fingerprint density at radius 2 is 1.87 bits per heavy atom. The summed E-state index contributed by atoms with van der Waals surface area (Å²) in [6.07, 6.45) is 4.17. The quantitative estimate of drug-likeness (QED) is 0.630. The Hall–Kier alpha value is -0.900. The van der Waals surface area contributed by atoms with Gasteiger partial charge in [-0.2, -0.15) is 0 Å². The third-order valence-electron chi connectivity index (χ3n) is 3.90. The van der Waals surface area contributed by atoms with E-state index in [0.717, 1.165) is 38.8 Å². The highest BCUT2D eigenvalue weighted by Gasteiger charge is 2.55. The molecule has 0 aromatic carbocycles. The number of hydrogen-bond donors (Lipinski definition) is 1. The number of rotatable bonds is 1. The van der Waals surface area contributed by atoms with E-state index >= 15 is 0 Å². The van der Waals surface area contributed by atoms with E-state index in [0.29, 0.717) is 6.42 Å². The van der Waals surface area contributed by atoms with E-state index in [4.69, 9.17) is 0 Å². The van der Waals surface area contributed by atoms with Gasteiger partial charge in [-0.3, -0.25) is 14.5 Å². The Balaban J connectivity index is 1.86. The molecule has 2 heterocycles. The maximum atomic E-state index is 12.3. The van der Waals surface area contributed by atoms with Crippen LogP contribution in [0, 0.1) is 5.41 Å². The van der Waals surface area contributed by atoms with Gasteiger partial charge in [-0.05, 0) is 38.8 Å². The predicted octanol–water partition coefficient (Wildman–Crippen LogP) is 0.277. The highest BCUT2D eigenvalue weighted by Crippen LogP contribution is 2.44. The molecule has 1 N–H and O–H groups in total. The van der Waals surface area contributed by atoms with Gasteiger partial charge in [0.15, 0.2) is 0 Å². The molecule has 0 radical (unpaired) electrons. The first-order chi connectivity index (χ1) is 7.23. The van der Waals surface area contributed by atoms with Gasteiger partial charge in [0.2, 0.25) is 11.8 Å². The van der Waals surface area contributed by atoms with Gasteiger partial charge in [0.25, 0.3) is 0 Å². The molecule has 4 heteroatoms. The van der Waals surface area contributed by atoms with Gasteiger partial charge >= 0.3 is 0 Å². The second-order valence-corrected chi connectivity index (χ2v) is 5.01. The van der Waals surface area contributed by atoms with E-state index in [1.807, 2.05) is 0 Å². The Morgan fingerprint density at radius 3 is 2.47 bits per heavy atom. The molecular weight excluding hydrogens is 192 g/mol. The van der Waals surface area contributed by atoms with Gasteiger partial charge < -0.3 is 5.32 Å². The minimum Gasteiger partial charge on any atom is -0.317 e. The maximum absolute atomic E-state index is 12.3. The molecule has 0 aromatic heterocycles. The van der Waals surface area contributed by atoms with Crippen molar-refractivity contribution in [2.24, 2.45) is 5.41 Å². The Kier molecular flexibility index (Phi) is 1.89. The van der Waals surface area contributed by atoms with Crippen molar-refractivity contribution >= 4 is 11.8 Å². The van der Waals surface area contributed by atoms with E-state index in [1.54, 1.807) is 4.90 Å². The van der Waals surface area contributed by atoms with E-state index < -0.39 is 0 Å². The van der Waals surface area contributed by atoms with Crippen LogP contribution in [0.15, 0.2) is 0 Å². The highest BCUT2D eigenvalue weighted by atomic mass is 16.2. The molecule has 3 aliphatic rings. The number of carbonyl (C=O) groups excluding carboxylic acids is 2. The van der Waals surface area contributed by atoms with Crippen LogP contribution in [-0.2, 0) is 9.59 Å². The van der Waals surface area contributed by atoms with Gasteiger partial charge in [-0.25, -0.2) is 0 Å². The highest BCUT2D eigenvalue weighted by molar-refractivity contribution is 6.06. The Bertz CT molecular complexity index is 317. The maximum Gasteiger partial charge on any atom is 0.236 e. The van der Waals surface area contributed by atoms with Crippen molar-refractivity contribution < 1.29 is 9.59 Å². The van der Waals surface area contributed by atoms with Crippen LogP contribution in [0.4, 0.5) is 0 Å². The summed E-state index contributed by atoms with van der Waals surface area (Å²) in [6, 6.07) is 0.249. The first-order valence-electron chi connectivity index (χ1n) is 5.80. The topological polar surface area (TPSA) is 49.4 Å². The molecule has 0 unspecified atom stereocenters. The molecular formula is C11H16N2O2. The molecule has 2 saturated heterocycles. The molecule has 0 aromatic rings. The molecule has 2 amide bonds. The third-order valence-corrected chi connectivity index (χ3v) is 3.90. The van der Waals surface area contributed by atoms with Crippen molar-refractivity contribution in [1.29, 1.82) is 0 Å². The summed E-state index contributed by atoms with van der Waals surface area (Å²) >= 11 is 0. The third kappa shape index (κ3) is 1.31. The van der Waals surface area contributed by atoms with Gasteiger partial charge in [0.1, 0.15) is 0 Å². The lowest BCUT2D eigenvalue weighted by molar-refractivity contribution is -0.142. The number of carbonyl (C=O) groups is 2. The minimum atomic E-state index is -0.328. The second-order valence-electron chi connectivity index (χ2n) is 5.01. The average molecular weight is 208 g/mol. The van der Waals surface area contributed by atoms with Gasteiger partial charge in [-0.15, -0.1) is 0 Å². The van der Waals surface area contributed by atoms with Crippen molar-refractivity contribution in [3.8, 4) is 0 Å². The smallest absolute Gasteiger partial charge is 0.236 e. The summed E-state index contributed by atoms with van der Waals surface area (Å²) < 4.78 is 0. The van der Waals surface area contributed by atoms with Gasteiger partial charge in [0.05, 0.1) is 5.41 Å². The Morgan fingerprint density at radius 1 is 1.20 bits per heavy atom. The largest absolute Gasteiger partial charge is 0.317 e. The first-order valence-corrected chi connectivity index (χ1v) is 5.80. The minimum absolute atomic E-state index is 0.0735. The molecule has 3 fully saturated rings. The fourth-order valence-electron chi connectivity index (χ4n) is 2.82. The zero-order chi connectivity index (χ0) is 10.5. The lowest BCUT2D eigenvalue weighted by Gasteiger charge is -2.31. The Labute approximate surface area is 89.0 Å². The molecule has 15 heavy (non-hydrogen) atoms. The lowest BCUT2D eigenvalue weighted by Crippen LogP contribution is -2.43. The van der Waals surface area contributed by atoms with Crippen molar-refractivity contribution in [1.82, 2.24) is 10.2 Å². The molecule has 1 aliphatic carbocycles. The molecule has 1 saturated carbocycles. The summed E-state index contributed by atoms with van der Waals surface area (Å²) in [5.74, 6) is 0.195. The van der Waals surface area contributed by atoms with Crippen LogP contribution < -0.4 is 5.32 Å². The van der Waals surface area contributed by atoms with E-state index in [1.165, 1.54) is 0 Å². The summed E-state index contributed by atoms with van der Waals surface area (Å²) in [6.45, 7) is 1.75. The van der Waals surface area contributed by atoms with E-state index in [9.17, 15) is 9.59 Å². The van der Waals surface area contributed by atoms with E-state index in [-0.39, 0.29) is 23.3 Å². The lowest BCUT2D eigenvalue weighted by atomic mass is 9.77. The number of piperidine rings is 1. The van der Waals surface area contributed by atoms with Crippen LogP contribution in [0.3, 0.4) is 0 Å². The summed E-state index contributed by atoms with van der Waals surface area (Å²) in [5, 5.41) is 3.25. The second kappa shape index (κ2) is 3.04.